The number of rotatable bonds is 4. The van der Waals surface area contributed by atoms with Crippen LogP contribution in [0.2, 0.25) is 0 Å². The maximum atomic E-state index is 2.38. The lowest BCUT2D eigenvalue weighted by Gasteiger charge is -2.13. The van der Waals surface area contributed by atoms with Crippen LogP contribution >= 0.6 is 7.92 Å². The largest absolute Gasteiger partial charge is 0.0782 e. The fourth-order valence-corrected chi connectivity index (χ4v) is 3.49. The average molecular weight is 256 g/mol. The van der Waals surface area contributed by atoms with Crippen molar-refractivity contribution in [3.63, 3.8) is 0 Å². The predicted octanol–water partition coefficient (Wildman–Crippen LogP) is 4.28. The highest BCUT2D eigenvalue weighted by Crippen LogP contribution is 2.30. The van der Waals surface area contributed by atoms with E-state index in [4.69, 9.17) is 0 Å². The van der Waals surface area contributed by atoms with Crippen molar-refractivity contribution in [3.05, 3.63) is 65.2 Å². The molecule has 0 aliphatic rings. The molecule has 0 radical (unpaired) electrons. The van der Waals surface area contributed by atoms with Crippen LogP contribution in [0.5, 0.6) is 0 Å². The Bertz CT molecular complexity index is 482. The van der Waals surface area contributed by atoms with E-state index in [0.29, 0.717) is 0 Å². The van der Waals surface area contributed by atoms with Gasteiger partial charge in [0.1, 0.15) is 0 Å². The van der Waals surface area contributed by atoms with Crippen LogP contribution < -0.4 is 5.30 Å². The summed E-state index contributed by atoms with van der Waals surface area (Å²) in [5, 5.41) is 1.52. The lowest BCUT2D eigenvalue weighted by Crippen LogP contribution is -2.03. The van der Waals surface area contributed by atoms with Gasteiger partial charge in [-0.15, -0.1) is 0 Å². The molecular weight excluding hydrogens is 235 g/mol. The van der Waals surface area contributed by atoms with Crippen LogP contribution in [0, 0.1) is 13.8 Å². The molecule has 2 aromatic rings. The molecule has 1 unspecified atom stereocenters. The topological polar surface area (TPSA) is 0 Å². The van der Waals surface area contributed by atoms with Gasteiger partial charge in [0.15, 0.2) is 0 Å². The molecule has 2 rings (SSSR count). The first-order valence-corrected chi connectivity index (χ1v) is 8.46. The number of hydrogen-bond donors (Lipinski definition) is 0. The summed E-state index contributed by atoms with van der Waals surface area (Å²) >= 11 is 0. The molecule has 2 aromatic carbocycles. The van der Waals surface area contributed by atoms with E-state index in [-0.39, 0.29) is 7.92 Å². The fraction of sp³-hybridized carbons (Fsp3) is 0.294. The number of benzene rings is 2. The summed E-state index contributed by atoms with van der Waals surface area (Å²) in [6, 6.07) is 18.0. The van der Waals surface area contributed by atoms with Gasteiger partial charge in [-0.2, -0.15) is 0 Å². The van der Waals surface area contributed by atoms with Crippen molar-refractivity contribution in [2.45, 2.75) is 20.3 Å². The first-order chi connectivity index (χ1) is 8.65. The van der Waals surface area contributed by atoms with Crippen LogP contribution in [-0.2, 0) is 6.42 Å². The molecule has 0 fully saturated rings. The van der Waals surface area contributed by atoms with Gasteiger partial charge in [-0.1, -0.05) is 67.6 Å². The summed E-state index contributed by atoms with van der Waals surface area (Å²) < 4.78 is 0. The van der Waals surface area contributed by atoms with E-state index < -0.39 is 0 Å². The highest BCUT2D eigenvalue weighted by Gasteiger charge is 2.04. The van der Waals surface area contributed by atoms with Gasteiger partial charge in [0.2, 0.25) is 0 Å². The summed E-state index contributed by atoms with van der Waals surface area (Å²) in [4.78, 5) is 0. The molecule has 0 saturated heterocycles. The van der Waals surface area contributed by atoms with E-state index in [1.54, 1.807) is 0 Å². The second-order valence-electron chi connectivity index (χ2n) is 4.99. The third-order valence-corrected chi connectivity index (χ3v) is 5.41. The van der Waals surface area contributed by atoms with Gasteiger partial charge >= 0.3 is 0 Å². The van der Waals surface area contributed by atoms with Gasteiger partial charge in [0.05, 0.1) is 0 Å². The Kier molecular flexibility index (Phi) is 4.55. The highest BCUT2D eigenvalue weighted by molar-refractivity contribution is 7.64. The van der Waals surface area contributed by atoms with Gasteiger partial charge in [-0.25, -0.2) is 0 Å². The molecule has 0 N–H and O–H groups in total. The standard InChI is InChI=1S/C17H21P/c1-14-4-8-16(9-5-14)12-13-18(3)17-10-6-15(2)7-11-17/h4-11H,12-13H2,1-3H3. The van der Waals surface area contributed by atoms with Crippen molar-refractivity contribution in [1.29, 1.82) is 0 Å². The minimum Gasteiger partial charge on any atom is -0.0782 e. The molecule has 0 aromatic heterocycles. The summed E-state index contributed by atoms with van der Waals surface area (Å²) in [5.74, 6) is 0. The fourth-order valence-electron chi connectivity index (χ4n) is 1.98. The van der Waals surface area contributed by atoms with Crippen molar-refractivity contribution in [2.75, 3.05) is 12.8 Å². The molecular formula is C17H21P. The van der Waals surface area contributed by atoms with Gasteiger partial charge in [0, 0.05) is 0 Å². The Morgan fingerprint density at radius 1 is 0.778 bits per heavy atom. The lowest BCUT2D eigenvalue weighted by molar-refractivity contribution is 1.14. The first-order valence-electron chi connectivity index (χ1n) is 6.48. The van der Waals surface area contributed by atoms with Crippen LogP contribution in [0.15, 0.2) is 48.5 Å². The Morgan fingerprint density at radius 3 is 1.83 bits per heavy atom. The minimum absolute atomic E-state index is 0.0194. The summed E-state index contributed by atoms with van der Waals surface area (Å²) in [6.07, 6.45) is 2.47. The van der Waals surface area contributed by atoms with Crippen LogP contribution in [0.3, 0.4) is 0 Å². The van der Waals surface area contributed by atoms with Crippen LogP contribution in [0.1, 0.15) is 16.7 Å². The normalized spacial score (nSPS) is 12.4. The van der Waals surface area contributed by atoms with E-state index in [0.717, 1.165) is 0 Å². The predicted molar refractivity (Wildman–Crippen MR) is 83.4 cm³/mol. The van der Waals surface area contributed by atoms with Gasteiger partial charge in [-0.3, -0.25) is 0 Å². The zero-order valence-electron chi connectivity index (χ0n) is 11.5. The Balaban J connectivity index is 1.93. The summed E-state index contributed by atoms with van der Waals surface area (Å²) in [7, 11) is -0.0194. The van der Waals surface area contributed by atoms with E-state index in [1.165, 1.54) is 34.6 Å². The Labute approximate surface area is 112 Å². The molecule has 0 amide bonds. The van der Waals surface area contributed by atoms with E-state index >= 15 is 0 Å². The Hall–Kier alpha value is -1.13. The molecule has 0 spiro atoms. The quantitative estimate of drug-likeness (QED) is 0.716. The summed E-state index contributed by atoms with van der Waals surface area (Å²) in [5.41, 5.74) is 4.15. The molecule has 0 bridgehead atoms. The van der Waals surface area contributed by atoms with Gasteiger partial charge in [0.25, 0.3) is 0 Å². The Morgan fingerprint density at radius 2 is 1.28 bits per heavy atom. The zero-order valence-corrected chi connectivity index (χ0v) is 12.4. The second-order valence-corrected chi connectivity index (χ2v) is 7.35. The van der Waals surface area contributed by atoms with Gasteiger partial charge in [-0.05, 0) is 44.0 Å². The minimum atomic E-state index is -0.0194. The van der Waals surface area contributed by atoms with Crippen molar-refractivity contribution >= 4 is 13.2 Å². The van der Waals surface area contributed by atoms with Gasteiger partial charge < -0.3 is 0 Å². The molecule has 1 atom stereocenters. The molecule has 18 heavy (non-hydrogen) atoms. The van der Waals surface area contributed by atoms with Crippen molar-refractivity contribution < 1.29 is 0 Å². The smallest absolute Gasteiger partial charge is 0.0236 e. The molecule has 0 saturated carbocycles. The number of aryl methyl sites for hydroxylation is 3. The highest BCUT2D eigenvalue weighted by atomic mass is 31.1. The molecule has 0 aliphatic heterocycles. The third-order valence-electron chi connectivity index (χ3n) is 3.33. The molecule has 0 aliphatic carbocycles. The second kappa shape index (κ2) is 6.16. The molecule has 94 valence electrons. The maximum Gasteiger partial charge on any atom is -0.0236 e. The monoisotopic (exact) mass is 256 g/mol. The summed E-state index contributed by atoms with van der Waals surface area (Å²) in [6.45, 7) is 6.67. The number of hydrogen-bond acceptors (Lipinski definition) is 0. The SMILES string of the molecule is Cc1ccc(CCP(C)c2ccc(C)cc2)cc1. The van der Waals surface area contributed by atoms with Crippen LogP contribution in [-0.4, -0.2) is 12.8 Å². The third kappa shape index (κ3) is 3.68. The molecule has 1 heteroatoms. The van der Waals surface area contributed by atoms with Crippen molar-refractivity contribution in [1.82, 2.24) is 0 Å². The lowest BCUT2D eigenvalue weighted by atomic mass is 10.1. The van der Waals surface area contributed by atoms with Crippen molar-refractivity contribution in [3.8, 4) is 0 Å². The average Bonchev–Trinajstić information content (AvgIpc) is 2.38. The first kappa shape index (κ1) is 13.3. The molecule has 0 heterocycles. The molecule has 0 nitrogen and oxygen atoms in total. The maximum absolute atomic E-state index is 2.38. The van der Waals surface area contributed by atoms with E-state index in [9.17, 15) is 0 Å². The van der Waals surface area contributed by atoms with E-state index in [2.05, 4.69) is 69.0 Å². The van der Waals surface area contributed by atoms with Crippen LogP contribution in [0.25, 0.3) is 0 Å². The van der Waals surface area contributed by atoms with Crippen LogP contribution in [0.4, 0.5) is 0 Å². The van der Waals surface area contributed by atoms with E-state index in [1.807, 2.05) is 0 Å². The van der Waals surface area contributed by atoms with Crippen molar-refractivity contribution in [2.24, 2.45) is 0 Å². The zero-order chi connectivity index (χ0) is 13.0.